The summed E-state index contributed by atoms with van der Waals surface area (Å²) in [7, 11) is -21.2. The molecule has 2 unspecified atom stereocenters. The number of hydrogen-bond acceptors (Lipinski definition) is 8. The van der Waals surface area contributed by atoms with E-state index in [9.17, 15) is 18.3 Å². The van der Waals surface area contributed by atoms with Crippen LogP contribution in [0.3, 0.4) is 0 Å². The fraction of sp³-hybridized carbons (Fsp3) is 1.00. The van der Waals surface area contributed by atoms with E-state index >= 15 is 0 Å². The Hall–Kier alpha value is 0.440. The molecule has 0 saturated heterocycles. The van der Waals surface area contributed by atoms with Gasteiger partial charge in [0, 0.05) is 12.8 Å². The molecule has 0 radical (unpaired) electrons. The first kappa shape index (κ1) is 24.5. The van der Waals surface area contributed by atoms with Crippen LogP contribution in [0, 0.1) is 0 Å². The molecule has 156 valence electrons. The van der Waals surface area contributed by atoms with E-state index in [1.807, 2.05) is 0 Å². The summed E-state index contributed by atoms with van der Waals surface area (Å²) in [6, 6.07) is 0. The second-order valence-electron chi connectivity index (χ2n) is 5.02. The van der Waals surface area contributed by atoms with Gasteiger partial charge in [-0.2, -0.15) is 0 Å². The number of rotatable bonds is 8. The summed E-state index contributed by atoms with van der Waals surface area (Å²) in [6.45, 7) is 0. The third-order valence-corrected chi connectivity index (χ3v) is 5.00. The third-order valence-electron chi connectivity index (χ3n) is 2.81. The van der Waals surface area contributed by atoms with Gasteiger partial charge < -0.3 is 39.1 Å². The fourth-order valence-corrected chi connectivity index (χ4v) is 4.52. The topological polar surface area (TPSA) is 267 Å². The van der Waals surface area contributed by atoms with Crippen molar-refractivity contribution in [2.45, 2.75) is 37.3 Å². The fourth-order valence-electron chi connectivity index (χ4n) is 2.26. The molecule has 0 aromatic heterocycles. The van der Waals surface area contributed by atoms with Gasteiger partial charge in [0.05, 0.1) is 6.10 Å². The molecule has 0 bridgehead atoms. The molecule has 0 spiro atoms. The molecule has 20 heteroatoms. The van der Waals surface area contributed by atoms with Gasteiger partial charge in [-0.3, -0.25) is 18.1 Å². The lowest BCUT2D eigenvalue weighted by atomic mass is 9.90. The molecule has 8 N–H and O–H groups in total. The predicted octanol–water partition coefficient (Wildman–Crippen LogP) is -1.31. The Bertz CT molecular complexity index is 632. The molecule has 0 heterocycles. The van der Waals surface area contributed by atoms with Gasteiger partial charge in [0.2, 0.25) is 0 Å². The number of phosphoric ester groups is 4. The van der Waals surface area contributed by atoms with Crippen LogP contribution >= 0.6 is 31.3 Å². The van der Waals surface area contributed by atoms with Crippen LogP contribution in [-0.4, -0.2) is 63.6 Å². The van der Waals surface area contributed by atoms with E-state index in [1.54, 1.807) is 0 Å². The third kappa shape index (κ3) is 10.1. The minimum atomic E-state index is -5.36. The highest BCUT2D eigenvalue weighted by atomic mass is 31.2. The van der Waals surface area contributed by atoms with Crippen LogP contribution in [0.2, 0.25) is 0 Å². The van der Waals surface area contributed by atoms with E-state index < -0.39 is 68.5 Å². The lowest BCUT2D eigenvalue weighted by molar-refractivity contribution is -0.104. The second-order valence-corrected chi connectivity index (χ2v) is 9.79. The zero-order chi connectivity index (χ0) is 20.6. The predicted molar refractivity (Wildman–Crippen MR) is 76.9 cm³/mol. The minimum absolute atomic E-state index is 0.762. The lowest BCUT2D eigenvalue weighted by Crippen LogP contribution is -2.49. The molecule has 1 fully saturated rings. The average Bonchev–Trinajstić information content (AvgIpc) is 2.25. The first-order chi connectivity index (χ1) is 11.3. The molecule has 1 saturated carbocycles. The first-order valence-electron chi connectivity index (χ1n) is 6.30. The van der Waals surface area contributed by atoms with Crippen molar-refractivity contribution < 1.29 is 75.5 Å². The average molecular weight is 468 g/mol. The summed E-state index contributed by atoms with van der Waals surface area (Å²) in [6.07, 6.45) is -9.27. The van der Waals surface area contributed by atoms with Crippen molar-refractivity contribution in [1.82, 2.24) is 0 Å². The Morgan fingerprint density at radius 2 is 0.846 bits per heavy atom. The van der Waals surface area contributed by atoms with Crippen LogP contribution in [0.4, 0.5) is 0 Å². The van der Waals surface area contributed by atoms with Crippen molar-refractivity contribution in [1.29, 1.82) is 0 Å². The lowest BCUT2D eigenvalue weighted by Gasteiger charge is -2.40. The van der Waals surface area contributed by atoms with Crippen molar-refractivity contribution in [3.8, 4) is 0 Å². The summed E-state index contributed by atoms with van der Waals surface area (Å²) in [4.78, 5) is 70.9. The molecule has 0 amide bonds. The van der Waals surface area contributed by atoms with Crippen LogP contribution in [0.15, 0.2) is 0 Å². The monoisotopic (exact) mass is 468 g/mol. The van der Waals surface area contributed by atoms with E-state index in [-0.39, 0.29) is 0 Å². The van der Waals surface area contributed by atoms with Crippen LogP contribution < -0.4 is 0 Å². The van der Waals surface area contributed by atoms with Crippen LogP contribution in [0.5, 0.6) is 0 Å². The summed E-state index contributed by atoms with van der Waals surface area (Å²) < 4.78 is 61.1. The summed E-state index contributed by atoms with van der Waals surface area (Å²) in [5, 5.41) is 0. The van der Waals surface area contributed by atoms with E-state index in [1.165, 1.54) is 0 Å². The normalized spacial score (nSPS) is 28.9. The Balaban J connectivity index is 3.22. The standard InChI is InChI=1S/C6H16O16P4/c7-23(8,9)19-3-1-4(20-24(10,11)12)6(22-26(16,17)18)5(2-3)21-25(13,14)15/h3-6H,1-2H2,(H2,7,8,9)(H2,10,11,12)(H2,13,14,15)(H2,16,17,18). The van der Waals surface area contributed by atoms with Gasteiger partial charge in [-0.05, 0) is 0 Å². The van der Waals surface area contributed by atoms with Crippen LogP contribution in [-0.2, 0) is 36.4 Å². The maximum Gasteiger partial charge on any atom is 0.470 e. The van der Waals surface area contributed by atoms with Crippen LogP contribution in [0.25, 0.3) is 0 Å². The van der Waals surface area contributed by atoms with Gasteiger partial charge in [-0.1, -0.05) is 0 Å². The van der Waals surface area contributed by atoms with Gasteiger partial charge in [0.25, 0.3) is 0 Å². The SMILES string of the molecule is O=P(O)(O)OC1CC(OP(=O)(O)O)C(OP(=O)(O)O)C(OP(=O)(O)O)C1. The highest BCUT2D eigenvalue weighted by Crippen LogP contribution is 2.51. The Labute approximate surface area is 145 Å². The molecule has 26 heavy (non-hydrogen) atoms. The van der Waals surface area contributed by atoms with Crippen molar-refractivity contribution in [3.05, 3.63) is 0 Å². The highest BCUT2D eigenvalue weighted by molar-refractivity contribution is 7.47. The maximum absolute atomic E-state index is 11.0. The van der Waals surface area contributed by atoms with Crippen molar-refractivity contribution in [2.75, 3.05) is 0 Å². The van der Waals surface area contributed by atoms with E-state index in [2.05, 4.69) is 18.1 Å². The van der Waals surface area contributed by atoms with Crippen molar-refractivity contribution in [3.63, 3.8) is 0 Å². The van der Waals surface area contributed by atoms with Gasteiger partial charge in [0.1, 0.15) is 18.3 Å². The molecule has 1 aliphatic rings. The summed E-state index contributed by atoms with van der Waals surface area (Å²) in [5.41, 5.74) is 0. The molecule has 1 aliphatic carbocycles. The second kappa shape index (κ2) is 8.44. The molecule has 1 rings (SSSR count). The zero-order valence-corrected chi connectivity index (χ0v) is 15.9. The van der Waals surface area contributed by atoms with Gasteiger partial charge in [-0.15, -0.1) is 0 Å². The molecule has 0 aromatic carbocycles. The van der Waals surface area contributed by atoms with Gasteiger partial charge in [0.15, 0.2) is 0 Å². The van der Waals surface area contributed by atoms with E-state index in [0.29, 0.717) is 0 Å². The number of hydrogen-bond donors (Lipinski definition) is 8. The number of phosphoric acid groups is 4. The Morgan fingerprint density at radius 1 is 0.538 bits per heavy atom. The largest absolute Gasteiger partial charge is 0.470 e. The Morgan fingerprint density at radius 3 is 1.12 bits per heavy atom. The molecule has 0 aromatic rings. The van der Waals surface area contributed by atoms with Gasteiger partial charge in [-0.25, -0.2) is 18.3 Å². The highest BCUT2D eigenvalue weighted by Gasteiger charge is 2.49. The summed E-state index contributed by atoms with van der Waals surface area (Å²) >= 11 is 0. The summed E-state index contributed by atoms with van der Waals surface area (Å²) in [5.74, 6) is 0. The quantitative estimate of drug-likeness (QED) is 0.192. The molecular formula is C6H16O16P4. The van der Waals surface area contributed by atoms with Crippen molar-refractivity contribution in [2.24, 2.45) is 0 Å². The Kier molecular flexibility index (Phi) is 7.94. The van der Waals surface area contributed by atoms with Gasteiger partial charge >= 0.3 is 31.3 Å². The van der Waals surface area contributed by atoms with E-state index in [4.69, 9.17) is 39.1 Å². The molecular weight excluding hydrogens is 452 g/mol. The van der Waals surface area contributed by atoms with Crippen molar-refractivity contribution >= 4 is 31.3 Å². The maximum atomic E-state index is 11.0. The zero-order valence-electron chi connectivity index (χ0n) is 12.4. The molecule has 16 nitrogen and oxygen atoms in total. The minimum Gasteiger partial charge on any atom is -0.303 e. The van der Waals surface area contributed by atoms with Crippen LogP contribution in [0.1, 0.15) is 12.8 Å². The first-order valence-corrected chi connectivity index (χ1v) is 12.4. The van der Waals surface area contributed by atoms with E-state index in [0.717, 1.165) is 0 Å². The molecule has 0 aliphatic heterocycles. The smallest absolute Gasteiger partial charge is 0.303 e. The molecule has 2 atom stereocenters.